The quantitative estimate of drug-likeness (QED) is 0.828. The molecule has 0 fully saturated rings. The lowest BCUT2D eigenvalue weighted by Crippen LogP contribution is -2.38. The van der Waals surface area contributed by atoms with E-state index in [1.165, 1.54) is 12.0 Å². The van der Waals surface area contributed by atoms with E-state index in [2.05, 4.69) is 0 Å². The van der Waals surface area contributed by atoms with Crippen LogP contribution in [0.4, 0.5) is 0 Å². The van der Waals surface area contributed by atoms with Gasteiger partial charge in [0.25, 0.3) is 5.91 Å². The maximum absolute atomic E-state index is 12.4. The van der Waals surface area contributed by atoms with Crippen molar-refractivity contribution in [1.82, 2.24) is 4.90 Å². The Hall–Kier alpha value is -2.28. The molecule has 7 heteroatoms. The van der Waals surface area contributed by atoms with Crippen molar-refractivity contribution in [2.45, 2.75) is 0 Å². The van der Waals surface area contributed by atoms with Gasteiger partial charge in [0.2, 0.25) is 0 Å². The maximum Gasteiger partial charge on any atom is 0.323 e. The lowest BCUT2D eigenvalue weighted by molar-refractivity contribution is -0.137. The van der Waals surface area contributed by atoms with Gasteiger partial charge in [-0.15, -0.1) is 0 Å². The molecular formula is C14H17NO6. The number of methoxy groups -OCH3 is 1. The number of aliphatic carboxylic acids is 1. The molecule has 0 atom stereocenters. The van der Waals surface area contributed by atoms with E-state index in [9.17, 15) is 9.59 Å². The molecule has 0 saturated carbocycles. The molecule has 114 valence electrons. The van der Waals surface area contributed by atoms with Gasteiger partial charge in [0.05, 0.1) is 6.61 Å². The fourth-order valence-corrected chi connectivity index (χ4v) is 1.98. The van der Waals surface area contributed by atoms with Crippen LogP contribution in [0.15, 0.2) is 18.2 Å². The zero-order valence-corrected chi connectivity index (χ0v) is 11.7. The van der Waals surface area contributed by atoms with E-state index >= 15 is 0 Å². The second-order valence-electron chi connectivity index (χ2n) is 4.47. The molecule has 1 aromatic rings. The normalized spacial score (nSPS) is 12.8. The second-order valence-corrected chi connectivity index (χ2v) is 4.47. The number of hydrogen-bond donors (Lipinski definition) is 1. The van der Waals surface area contributed by atoms with Gasteiger partial charge in [-0.05, 0) is 18.2 Å². The van der Waals surface area contributed by atoms with Crippen LogP contribution in [0.3, 0.4) is 0 Å². The molecule has 1 N–H and O–H groups in total. The summed E-state index contributed by atoms with van der Waals surface area (Å²) >= 11 is 0. The van der Waals surface area contributed by atoms with Gasteiger partial charge < -0.3 is 24.2 Å². The minimum atomic E-state index is -1.07. The molecule has 0 saturated heterocycles. The van der Waals surface area contributed by atoms with Crippen LogP contribution in [-0.2, 0) is 9.53 Å². The fourth-order valence-electron chi connectivity index (χ4n) is 1.98. The Morgan fingerprint density at radius 3 is 2.67 bits per heavy atom. The smallest absolute Gasteiger partial charge is 0.323 e. The Labute approximate surface area is 122 Å². The third-order valence-corrected chi connectivity index (χ3v) is 2.97. The van der Waals surface area contributed by atoms with E-state index in [1.54, 1.807) is 18.2 Å². The van der Waals surface area contributed by atoms with Crippen LogP contribution in [0.1, 0.15) is 10.4 Å². The van der Waals surface area contributed by atoms with E-state index in [1.807, 2.05) is 0 Å². The van der Waals surface area contributed by atoms with Gasteiger partial charge in [-0.2, -0.15) is 0 Å². The van der Waals surface area contributed by atoms with Crippen LogP contribution in [0, 0.1) is 0 Å². The number of carbonyl (C=O) groups is 2. The summed E-state index contributed by atoms with van der Waals surface area (Å²) in [5, 5.41) is 8.89. The van der Waals surface area contributed by atoms with Gasteiger partial charge >= 0.3 is 5.97 Å². The highest BCUT2D eigenvalue weighted by atomic mass is 16.6. The number of carboxylic acid groups (broad SMARTS) is 1. The van der Waals surface area contributed by atoms with E-state index in [0.29, 0.717) is 30.3 Å². The molecular weight excluding hydrogens is 278 g/mol. The molecule has 0 aliphatic carbocycles. The van der Waals surface area contributed by atoms with Gasteiger partial charge in [0.15, 0.2) is 11.5 Å². The Morgan fingerprint density at radius 1 is 1.29 bits per heavy atom. The topological polar surface area (TPSA) is 85.3 Å². The summed E-state index contributed by atoms with van der Waals surface area (Å²) in [6, 6.07) is 4.81. The zero-order valence-electron chi connectivity index (χ0n) is 11.7. The highest BCUT2D eigenvalue weighted by molar-refractivity contribution is 5.96. The van der Waals surface area contributed by atoms with Gasteiger partial charge in [-0.3, -0.25) is 9.59 Å². The summed E-state index contributed by atoms with van der Waals surface area (Å²) in [6.07, 6.45) is 0. The molecule has 0 spiro atoms. The molecule has 0 radical (unpaired) electrons. The van der Waals surface area contributed by atoms with Crippen LogP contribution >= 0.6 is 0 Å². The molecule has 1 amide bonds. The predicted octanol–water partition coefficient (Wildman–Crippen LogP) is 0.631. The van der Waals surface area contributed by atoms with Crippen molar-refractivity contribution < 1.29 is 28.9 Å². The Kier molecular flexibility index (Phi) is 4.99. The van der Waals surface area contributed by atoms with Gasteiger partial charge in [0, 0.05) is 19.2 Å². The first-order chi connectivity index (χ1) is 10.1. The van der Waals surface area contributed by atoms with Gasteiger partial charge in [-0.25, -0.2) is 0 Å². The number of amides is 1. The summed E-state index contributed by atoms with van der Waals surface area (Å²) in [4.78, 5) is 24.5. The molecule has 1 aromatic carbocycles. The predicted molar refractivity (Wildman–Crippen MR) is 72.8 cm³/mol. The largest absolute Gasteiger partial charge is 0.486 e. The Balaban J connectivity index is 2.17. The van der Waals surface area contributed by atoms with Crippen molar-refractivity contribution in [2.75, 3.05) is 40.0 Å². The minimum absolute atomic E-state index is 0.204. The fraction of sp³-hybridized carbons (Fsp3) is 0.429. The molecule has 21 heavy (non-hydrogen) atoms. The van der Waals surface area contributed by atoms with Crippen LogP contribution in [-0.4, -0.2) is 61.9 Å². The zero-order chi connectivity index (χ0) is 15.2. The monoisotopic (exact) mass is 295 g/mol. The lowest BCUT2D eigenvalue weighted by Gasteiger charge is -2.22. The van der Waals surface area contributed by atoms with Gasteiger partial charge in [-0.1, -0.05) is 0 Å². The highest BCUT2D eigenvalue weighted by Gasteiger charge is 2.21. The van der Waals surface area contributed by atoms with Crippen molar-refractivity contribution in [3.05, 3.63) is 23.8 Å². The minimum Gasteiger partial charge on any atom is -0.486 e. The second kappa shape index (κ2) is 6.94. The van der Waals surface area contributed by atoms with E-state index in [0.717, 1.165) is 0 Å². The SMILES string of the molecule is COCCN(CC(=O)O)C(=O)c1ccc2c(c1)OCCO2. The first kappa shape index (κ1) is 15.1. The van der Waals surface area contributed by atoms with Crippen molar-refractivity contribution in [3.8, 4) is 11.5 Å². The van der Waals surface area contributed by atoms with Crippen molar-refractivity contribution >= 4 is 11.9 Å². The van der Waals surface area contributed by atoms with Crippen molar-refractivity contribution in [3.63, 3.8) is 0 Å². The molecule has 1 heterocycles. The molecule has 7 nitrogen and oxygen atoms in total. The number of benzene rings is 1. The van der Waals surface area contributed by atoms with Gasteiger partial charge in [0.1, 0.15) is 19.8 Å². The number of ether oxygens (including phenoxy) is 3. The first-order valence-corrected chi connectivity index (χ1v) is 6.51. The van der Waals surface area contributed by atoms with Crippen LogP contribution in [0.5, 0.6) is 11.5 Å². The number of carbonyl (C=O) groups excluding carboxylic acids is 1. The molecule has 1 aliphatic rings. The number of rotatable bonds is 6. The third kappa shape index (κ3) is 3.85. The molecule has 2 rings (SSSR count). The van der Waals surface area contributed by atoms with E-state index in [-0.39, 0.29) is 25.6 Å². The Bertz CT molecular complexity index is 530. The lowest BCUT2D eigenvalue weighted by atomic mass is 10.1. The summed E-state index contributed by atoms with van der Waals surface area (Å²) in [6.45, 7) is 0.989. The Morgan fingerprint density at radius 2 is 2.00 bits per heavy atom. The summed E-state index contributed by atoms with van der Waals surface area (Å²) in [5.41, 5.74) is 0.358. The number of carboxylic acids is 1. The average Bonchev–Trinajstić information content (AvgIpc) is 2.50. The molecule has 0 bridgehead atoms. The number of hydrogen-bond acceptors (Lipinski definition) is 5. The number of fused-ring (bicyclic) bond motifs is 1. The highest BCUT2D eigenvalue weighted by Crippen LogP contribution is 2.31. The number of nitrogens with zero attached hydrogens (tertiary/aromatic N) is 1. The maximum atomic E-state index is 12.4. The molecule has 1 aliphatic heterocycles. The van der Waals surface area contributed by atoms with Crippen molar-refractivity contribution in [1.29, 1.82) is 0 Å². The summed E-state index contributed by atoms with van der Waals surface area (Å²) in [7, 11) is 1.49. The van der Waals surface area contributed by atoms with E-state index < -0.39 is 5.97 Å². The molecule has 0 aromatic heterocycles. The summed E-state index contributed by atoms with van der Waals surface area (Å²) < 4.78 is 15.7. The van der Waals surface area contributed by atoms with Crippen molar-refractivity contribution in [2.24, 2.45) is 0 Å². The third-order valence-electron chi connectivity index (χ3n) is 2.97. The van der Waals surface area contributed by atoms with E-state index in [4.69, 9.17) is 19.3 Å². The van der Waals surface area contributed by atoms with Crippen LogP contribution in [0.25, 0.3) is 0 Å². The summed E-state index contributed by atoms with van der Waals surface area (Å²) in [5.74, 6) is -0.378. The van der Waals surface area contributed by atoms with Crippen LogP contribution < -0.4 is 9.47 Å². The van der Waals surface area contributed by atoms with Crippen LogP contribution in [0.2, 0.25) is 0 Å². The standard InChI is InChI=1S/C14H17NO6/c1-19-5-4-15(9-13(16)17)14(18)10-2-3-11-12(8-10)21-7-6-20-11/h2-3,8H,4-7,9H2,1H3,(H,16,17). The first-order valence-electron chi connectivity index (χ1n) is 6.51. The average molecular weight is 295 g/mol. The molecule has 0 unspecified atom stereocenters.